The Hall–Kier alpha value is -4.34. The highest BCUT2D eigenvalue weighted by Gasteiger charge is 2.14. The van der Waals surface area contributed by atoms with Crippen molar-refractivity contribution in [1.29, 1.82) is 0 Å². The second-order valence-corrected chi connectivity index (χ2v) is 7.72. The van der Waals surface area contributed by atoms with Crippen molar-refractivity contribution >= 4 is 16.8 Å². The van der Waals surface area contributed by atoms with Crippen LogP contribution in [-0.2, 0) is 11.2 Å². The quantitative estimate of drug-likeness (QED) is 0.344. The van der Waals surface area contributed by atoms with Gasteiger partial charge in [0.15, 0.2) is 0 Å². The Kier molecular flexibility index (Phi) is 8.08. The molecule has 1 heterocycles. The van der Waals surface area contributed by atoms with Crippen LogP contribution >= 0.6 is 0 Å². The highest BCUT2D eigenvalue weighted by molar-refractivity contribution is 5.77. The van der Waals surface area contributed by atoms with Crippen LogP contribution in [0.1, 0.15) is 30.5 Å². The number of H-pyrrole nitrogens is 2. The summed E-state index contributed by atoms with van der Waals surface area (Å²) in [5.74, 6) is -1.87. The molecule has 35 heavy (non-hydrogen) atoms. The van der Waals surface area contributed by atoms with Gasteiger partial charge in [0.05, 0.1) is 16.9 Å². The van der Waals surface area contributed by atoms with E-state index in [9.17, 15) is 32.7 Å². The number of aromatic amines is 2. The number of nitrogens with one attached hydrogen (secondary N) is 3. The van der Waals surface area contributed by atoms with Gasteiger partial charge in [0, 0.05) is 18.1 Å². The van der Waals surface area contributed by atoms with E-state index in [2.05, 4.69) is 10.3 Å². The van der Waals surface area contributed by atoms with E-state index in [1.54, 1.807) is 31.2 Å². The lowest BCUT2D eigenvalue weighted by atomic mass is 10.1. The molecule has 1 unspecified atom stereocenters. The molecule has 4 N–H and O–H groups in total. The predicted molar refractivity (Wildman–Crippen MR) is 124 cm³/mol. The molecule has 0 fully saturated rings. The van der Waals surface area contributed by atoms with Crippen LogP contribution in [0.2, 0.25) is 0 Å². The number of halogens is 3. The SMILES string of the molecule is CC(NC(=O)CCc1ccc(O)cc1)c1ccc(F)cc1F.O=c1[nH]c(=O)c2cc(F)ccc2[nH]1. The summed E-state index contributed by atoms with van der Waals surface area (Å²) in [6.45, 7) is 1.65. The van der Waals surface area contributed by atoms with Crippen molar-refractivity contribution in [2.45, 2.75) is 25.8 Å². The number of phenolic OH excluding ortho intramolecular Hbond substituents is 1. The second-order valence-electron chi connectivity index (χ2n) is 7.72. The van der Waals surface area contributed by atoms with Crippen LogP contribution in [0.25, 0.3) is 10.9 Å². The van der Waals surface area contributed by atoms with Crippen LogP contribution in [0.5, 0.6) is 5.75 Å². The smallest absolute Gasteiger partial charge is 0.326 e. The second kappa shape index (κ2) is 11.2. The first kappa shape index (κ1) is 25.3. The van der Waals surface area contributed by atoms with Crippen LogP contribution < -0.4 is 16.6 Å². The highest BCUT2D eigenvalue weighted by Crippen LogP contribution is 2.18. The van der Waals surface area contributed by atoms with E-state index >= 15 is 0 Å². The van der Waals surface area contributed by atoms with Gasteiger partial charge in [0.25, 0.3) is 5.56 Å². The van der Waals surface area contributed by atoms with Crippen molar-refractivity contribution in [3.63, 3.8) is 0 Å². The van der Waals surface area contributed by atoms with Gasteiger partial charge in [-0.3, -0.25) is 14.6 Å². The molecule has 0 saturated carbocycles. The zero-order valence-corrected chi connectivity index (χ0v) is 18.6. The normalized spacial score (nSPS) is 11.4. The summed E-state index contributed by atoms with van der Waals surface area (Å²) in [6.07, 6.45) is 0.767. The first-order chi connectivity index (χ1) is 16.6. The van der Waals surface area contributed by atoms with E-state index in [1.165, 1.54) is 18.2 Å². The Bertz CT molecular complexity index is 1450. The van der Waals surface area contributed by atoms with E-state index < -0.39 is 34.7 Å². The molecule has 1 amide bonds. The number of benzene rings is 3. The number of hydrogen-bond donors (Lipinski definition) is 4. The number of aromatic hydroxyl groups is 1. The summed E-state index contributed by atoms with van der Waals surface area (Å²) in [4.78, 5) is 38.2. The zero-order valence-electron chi connectivity index (χ0n) is 18.6. The molecule has 0 spiro atoms. The van der Waals surface area contributed by atoms with Crippen LogP contribution in [0.4, 0.5) is 13.2 Å². The number of hydrogen-bond acceptors (Lipinski definition) is 4. The first-order valence-electron chi connectivity index (χ1n) is 10.6. The molecule has 4 rings (SSSR count). The third kappa shape index (κ3) is 7.07. The molecular formula is C25H22F3N3O4. The van der Waals surface area contributed by atoms with Crippen molar-refractivity contribution in [1.82, 2.24) is 15.3 Å². The maximum atomic E-state index is 13.6. The Balaban J connectivity index is 0.000000223. The van der Waals surface area contributed by atoms with E-state index in [1.807, 2.05) is 4.98 Å². The van der Waals surface area contributed by atoms with E-state index in [-0.39, 0.29) is 29.0 Å². The summed E-state index contributed by atoms with van der Waals surface area (Å²) >= 11 is 0. The topological polar surface area (TPSA) is 115 Å². The van der Waals surface area contributed by atoms with Gasteiger partial charge < -0.3 is 15.4 Å². The van der Waals surface area contributed by atoms with E-state index in [4.69, 9.17) is 0 Å². The molecule has 182 valence electrons. The summed E-state index contributed by atoms with van der Waals surface area (Å²) < 4.78 is 39.2. The zero-order chi connectivity index (χ0) is 25.5. The minimum Gasteiger partial charge on any atom is -0.508 e. The van der Waals surface area contributed by atoms with Crippen molar-refractivity contribution in [2.75, 3.05) is 0 Å². The monoisotopic (exact) mass is 485 g/mol. The Morgan fingerprint density at radius 1 is 0.943 bits per heavy atom. The lowest BCUT2D eigenvalue weighted by Gasteiger charge is -2.15. The fourth-order valence-corrected chi connectivity index (χ4v) is 3.30. The minimum absolute atomic E-state index is 0.139. The van der Waals surface area contributed by atoms with Crippen molar-refractivity contribution in [2.24, 2.45) is 0 Å². The molecule has 7 nitrogen and oxygen atoms in total. The van der Waals surface area contributed by atoms with Gasteiger partial charge in [-0.15, -0.1) is 0 Å². The van der Waals surface area contributed by atoms with Gasteiger partial charge in [0.2, 0.25) is 5.91 Å². The predicted octanol–water partition coefficient (Wildman–Crippen LogP) is 3.84. The largest absolute Gasteiger partial charge is 0.508 e. The third-order valence-corrected chi connectivity index (χ3v) is 5.09. The van der Waals surface area contributed by atoms with Gasteiger partial charge in [-0.25, -0.2) is 18.0 Å². The summed E-state index contributed by atoms with van der Waals surface area (Å²) in [5, 5.41) is 12.0. The lowest BCUT2D eigenvalue weighted by molar-refractivity contribution is -0.121. The number of aryl methyl sites for hydroxylation is 1. The van der Waals surface area contributed by atoms with Gasteiger partial charge >= 0.3 is 5.69 Å². The molecule has 0 aliphatic carbocycles. The molecular weight excluding hydrogens is 463 g/mol. The standard InChI is InChI=1S/C17H17F2NO2.C8H5FN2O2/c1-11(15-8-5-13(18)10-16(15)19)20-17(22)9-4-12-2-6-14(21)7-3-12;9-4-1-2-6-5(3-4)7(12)11-8(13)10-6/h2-3,5-8,10-11,21H,4,9H2,1H3,(H,20,22);1-3H,(H2,10,11,12,13). The fraction of sp³-hybridized carbons (Fsp3) is 0.160. The molecule has 0 aliphatic rings. The van der Waals surface area contributed by atoms with Crippen LogP contribution in [-0.4, -0.2) is 21.0 Å². The summed E-state index contributed by atoms with van der Waals surface area (Å²) in [6, 6.07) is 13.0. The molecule has 1 atom stereocenters. The van der Waals surface area contributed by atoms with Gasteiger partial charge in [-0.2, -0.15) is 0 Å². The molecule has 1 aromatic heterocycles. The van der Waals surface area contributed by atoms with Crippen molar-refractivity contribution in [3.05, 3.63) is 110 Å². The van der Waals surface area contributed by atoms with Crippen molar-refractivity contribution < 1.29 is 23.1 Å². The minimum atomic E-state index is -0.675. The van der Waals surface area contributed by atoms with E-state index in [0.717, 1.165) is 23.8 Å². The molecule has 0 bridgehead atoms. The Morgan fingerprint density at radius 3 is 2.29 bits per heavy atom. The van der Waals surface area contributed by atoms with Gasteiger partial charge in [0.1, 0.15) is 23.2 Å². The van der Waals surface area contributed by atoms with Crippen LogP contribution in [0.15, 0.2) is 70.3 Å². The number of aromatic nitrogens is 2. The number of carbonyl (C=O) groups is 1. The average Bonchev–Trinajstić information content (AvgIpc) is 2.79. The molecule has 0 radical (unpaired) electrons. The number of phenols is 1. The fourth-order valence-electron chi connectivity index (χ4n) is 3.30. The summed E-state index contributed by atoms with van der Waals surface area (Å²) in [7, 11) is 0. The molecule has 4 aromatic rings. The Morgan fingerprint density at radius 2 is 1.60 bits per heavy atom. The third-order valence-electron chi connectivity index (χ3n) is 5.09. The molecule has 10 heteroatoms. The molecule has 0 aliphatic heterocycles. The van der Waals surface area contributed by atoms with Crippen LogP contribution in [0, 0.1) is 17.5 Å². The Labute approximate surface area is 197 Å². The molecule has 0 saturated heterocycles. The first-order valence-corrected chi connectivity index (χ1v) is 10.6. The lowest BCUT2D eigenvalue weighted by Crippen LogP contribution is -2.27. The average molecular weight is 485 g/mol. The van der Waals surface area contributed by atoms with Crippen LogP contribution in [0.3, 0.4) is 0 Å². The maximum Gasteiger partial charge on any atom is 0.326 e. The number of carbonyl (C=O) groups excluding carboxylic acids is 1. The number of fused-ring (bicyclic) bond motifs is 1. The van der Waals surface area contributed by atoms with E-state index in [0.29, 0.717) is 11.9 Å². The summed E-state index contributed by atoms with van der Waals surface area (Å²) in [5.41, 5.74) is 0.324. The van der Waals surface area contributed by atoms with Gasteiger partial charge in [-0.1, -0.05) is 18.2 Å². The van der Waals surface area contributed by atoms with Crippen molar-refractivity contribution in [3.8, 4) is 5.75 Å². The highest BCUT2D eigenvalue weighted by atomic mass is 19.1. The number of amides is 1. The van der Waals surface area contributed by atoms with Gasteiger partial charge in [-0.05, 0) is 55.3 Å². The number of rotatable bonds is 5. The molecule has 3 aromatic carbocycles. The maximum absolute atomic E-state index is 13.6.